The smallest absolute Gasteiger partial charge is 0.136 e. The van der Waals surface area contributed by atoms with Gasteiger partial charge in [-0.25, -0.2) is 9.37 Å². The number of halogens is 1. The molecule has 1 heterocycles. The zero-order chi connectivity index (χ0) is 17.8. The summed E-state index contributed by atoms with van der Waals surface area (Å²) in [5, 5.41) is 15.1. The summed E-state index contributed by atoms with van der Waals surface area (Å²) in [7, 11) is 0. The molecule has 3 nitrogen and oxygen atoms in total. The van der Waals surface area contributed by atoms with Crippen LogP contribution in [0, 0.1) is 31.0 Å². The van der Waals surface area contributed by atoms with Gasteiger partial charge in [-0.15, -0.1) is 11.3 Å². The monoisotopic (exact) mass is 349 g/mol. The van der Waals surface area contributed by atoms with Crippen molar-refractivity contribution in [3.05, 3.63) is 76.0 Å². The van der Waals surface area contributed by atoms with Crippen LogP contribution in [0.4, 0.5) is 10.1 Å². The van der Waals surface area contributed by atoms with E-state index in [1.165, 1.54) is 34.6 Å². The highest BCUT2D eigenvalue weighted by Crippen LogP contribution is 2.26. The lowest BCUT2D eigenvalue weighted by Gasteiger charge is -2.05. The first-order chi connectivity index (χ1) is 12.1. The molecule has 0 amide bonds. The molecule has 124 valence electrons. The molecule has 3 rings (SSSR count). The van der Waals surface area contributed by atoms with Crippen molar-refractivity contribution in [2.75, 3.05) is 5.32 Å². The molecule has 0 bridgehead atoms. The second kappa shape index (κ2) is 7.29. The number of aromatic nitrogens is 1. The number of thiazole rings is 1. The largest absolute Gasteiger partial charge is 0.360 e. The van der Waals surface area contributed by atoms with Crippen LogP contribution in [0.2, 0.25) is 0 Å². The summed E-state index contributed by atoms with van der Waals surface area (Å²) in [5.74, 6) is -0.283. The predicted octanol–water partition coefficient (Wildman–Crippen LogP) is 5.54. The number of hydrogen-bond donors (Lipinski definition) is 1. The Morgan fingerprint density at radius 3 is 2.60 bits per heavy atom. The Morgan fingerprint density at radius 1 is 1.16 bits per heavy atom. The highest BCUT2D eigenvalue weighted by atomic mass is 32.1. The summed E-state index contributed by atoms with van der Waals surface area (Å²) in [6.07, 6.45) is 1.66. The Bertz CT molecular complexity index is 965. The predicted molar refractivity (Wildman–Crippen MR) is 101 cm³/mol. The van der Waals surface area contributed by atoms with Crippen LogP contribution in [0.3, 0.4) is 0 Å². The van der Waals surface area contributed by atoms with E-state index in [0.717, 1.165) is 16.9 Å². The number of aryl methyl sites for hydroxylation is 2. The van der Waals surface area contributed by atoms with Crippen molar-refractivity contribution in [1.29, 1.82) is 5.26 Å². The van der Waals surface area contributed by atoms with Gasteiger partial charge in [0.05, 0.1) is 5.69 Å². The van der Waals surface area contributed by atoms with Gasteiger partial charge in [-0.3, -0.25) is 0 Å². The molecule has 25 heavy (non-hydrogen) atoms. The van der Waals surface area contributed by atoms with Gasteiger partial charge in [0.15, 0.2) is 0 Å². The molecular weight excluding hydrogens is 333 g/mol. The number of anilines is 1. The first-order valence-corrected chi connectivity index (χ1v) is 8.60. The summed E-state index contributed by atoms with van der Waals surface area (Å²) in [6, 6.07) is 14.4. The molecule has 0 saturated heterocycles. The van der Waals surface area contributed by atoms with Crippen LogP contribution in [0.25, 0.3) is 16.8 Å². The van der Waals surface area contributed by atoms with Gasteiger partial charge in [-0.2, -0.15) is 5.26 Å². The quantitative estimate of drug-likeness (QED) is 0.629. The number of rotatable bonds is 4. The van der Waals surface area contributed by atoms with Gasteiger partial charge in [-0.05, 0) is 61.4 Å². The molecule has 0 fully saturated rings. The van der Waals surface area contributed by atoms with E-state index in [1.54, 1.807) is 18.3 Å². The lowest BCUT2D eigenvalue weighted by molar-refractivity contribution is 0.628. The SMILES string of the molecule is Cc1ccc(N/C=C(/C#N)c2nc(-c3ccc(F)cc3)cs2)cc1C. The molecule has 3 aromatic rings. The Kier molecular flexibility index (Phi) is 4.92. The van der Waals surface area contributed by atoms with Gasteiger partial charge in [0.25, 0.3) is 0 Å². The molecule has 0 unspecified atom stereocenters. The molecule has 2 aromatic carbocycles. The second-order valence-corrected chi connectivity index (χ2v) is 6.52. The van der Waals surface area contributed by atoms with Gasteiger partial charge >= 0.3 is 0 Å². The minimum atomic E-state index is -0.283. The van der Waals surface area contributed by atoms with Gasteiger partial charge in [-0.1, -0.05) is 6.07 Å². The maximum Gasteiger partial charge on any atom is 0.136 e. The lowest BCUT2D eigenvalue weighted by atomic mass is 10.1. The first kappa shape index (κ1) is 16.9. The van der Waals surface area contributed by atoms with E-state index >= 15 is 0 Å². The van der Waals surface area contributed by atoms with E-state index in [2.05, 4.69) is 23.3 Å². The van der Waals surface area contributed by atoms with Crippen molar-refractivity contribution >= 4 is 22.6 Å². The van der Waals surface area contributed by atoms with Gasteiger partial charge in [0.1, 0.15) is 22.5 Å². The number of hydrogen-bond acceptors (Lipinski definition) is 4. The topological polar surface area (TPSA) is 48.7 Å². The lowest BCUT2D eigenvalue weighted by Crippen LogP contribution is -1.92. The molecule has 1 aromatic heterocycles. The van der Waals surface area contributed by atoms with E-state index in [-0.39, 0.29) is 5.82 Å². The average molecular weight is 349 g/mol. The van der Waals surface area contributed by atoms with Gasteiger partial charge in [0.2, 0.25) is 0 Å². The van der Waals surface area contributed by atoms with Crippen LogP contribution in [0.15, 0.2) is 54.0 Å². The van der Waals surface area contributed by atoms with Crippen LogP contribution in [-0.4, -0.2) is 4.98 Å². The molecule has 0 aliphatic heterocycles. The third-order valence-corrected chi connectivity index (χ3v) is 4.76. The fraction of sp³-hybridized carbons (Fsp3) is 0.100. The van der Waals surface area contributed by atoms with Crippen molar-refractivity contribution < 1.29 is 4.39 Å². The fourth-order valence-corrected chi connectivity index (χ4v) is 3.07. The zero-order valence-electron chi connectivity index (χ0n) is 13.9. The molecule has 0 aliphatic carbocycles. The number of benzene rings is 2. The highest BCUT2D eigenvalue weighted by Gasteiger charge is 2.09. The number of nitriles is 1. The highest BCUT2D eigenvalue weighted by molar-refractivity contribution is 7.11. The summed E-state index contributed by atoms with van der Waals surface area (Å²) < 4.78 is 13.0. The van der Waals surface area contributed by atoms with E-state index in [4.69, 9.17) is 0 Å². The van der Waals surface area contributed by atoms with Gasteiger partial charge < -0.3 is 5.32 Å². The van der Waals surface area contributed by atoms with Gasteiger partial charge in [0, 0.05) is 22.8 Å². The van der Waals surface area contributed by atoms with E-state index in [9.17, 15) is 9.65 Å². The normalized spacial score (nSPS) is 11.2. The zero-order valence-corrected chi connectivity index (χ0v) is 14.7. The molecule has 0 spiro atoms. The Morgan fingerprint density at radius 2 is 1.92 bits per heavy atom. The molecule has 0 atom stereocenters. The first-order valence-electron chi connectivity index (χ1n) is 7.73. The van der Waals surface area contributed by atoms with Crippen molar-refractivity contribution in [2.24, 2.45) is 0 Å². The maximum absolute atomic E-state index is 13.0. The van der Waals surface area contributed by atoms with Crippen molar-refractivity contribution in [3.63, 3.8) is 0 Å². The Labute approximate surface area is 150 Å². The molecule has 1 N–H and O–H groups in total. The van der Waals surface area contributed by atoms with Crippen molar-refractivity contribution in [1.82, 2.24) is 4.98 Å². The van der Waals surface area contributed by atoms with Crippen LogP contribution in [0.5, 0.6) is 0 Å². The number of nitrogens with zero attached hydrogens (tertiary/aromatic N) is 2. The standard InChI is InChI=1S/C20H16FN3S/c1-13-3-8-18(9-14(13)2)23-11-16(10-22)20-24-19(12-25-20)15-4-6-17(21)7-5-15/h3-9,11-12,23H,1-2H3/b16-11-. The van der Waals surface area contributed by atoms with Crippen molar-refractivity contribution in [2.45, 2.75) is 13.8 Å². The van der Waals surface area contributed by atoms with E-state index in [1.807, 2.05) is 30.5 Å². The minimum absolute atomic E-state index is 0.283. The molecule has 0 aliphatic rings. The summed E-state index contributed by atoms with van der Waals surface area (Å²) >= 11 is 1.39. The molecule has 0 saturated carbocycles. The van der Waals surface area contributed by atoms with Crippen LogP contribution < -0.4 is 5.32 Å². The summed E-state index contributed by atoms with van der Waals surface area (Å²) in [6.45, 7) is 4.10. The Hall–Kier alpha value is -2.97. The summed E-state index contributed by atoms with van der Waals surface area (Å²) in [4.78, 5) is 4.49. The minimum Gasteiger partial charge on any atom is -0.360 e. The second-order valence-electron chi connectivity index (χ2n) is 5.66. The number of nitrogens with one attached hydrogen (secondary N) is 1. The van der Waals surface area contributed by atoms with Crippen LogP contribution >= 0.6 is 11.3 Å². The third-order valence-electron chi connectivity index (χ3n) is 3.89. The molecule has 0 radical (unpaired) electrons. The molecule has 5 heteroatoms. The molecular formula is C20H16FN3S. The van der Waals surface area contributed by atoms with Crippen LogP contribution in [0.1, 0.15) is 16.1 Å². The number of allylic oxidation sites excluding steroid dienone is 1. The third kappa shape index (κ3) is 3.93. The van der Waals surface area contributed by atoms with E-state index < -0.39 is 0 Å². The van der Waals surface area contributed by atoms with Crippen molar-refractivity contribution in [3.8, 4) is 17.3 Å². The van der Waals surface area contributed by atoms with E-state index in [0.29, 0.717) is 10.6 Å². The fourth-order valence-electron chi connectivity index (χ4n) is 2.28. The van der Waals surface area contributed by atoms with Crippen LogP contribution in [-0.2, 0) is 0 Å². The Balaban J connectivity index is 1.82. The summed E-state index contributed by atoms with van der Waals surface area (Å²) in [5.41, 5.74) is 5.34. The maximum atomic E-state index is 13.0. The average Bonchev–Trinajstić information content (AvgIpc) is 3.09.